The van der Waals surface area contributed by atoms with E-state index in [1.54, 1.807) is 23.1 Å². The summed E-state index contributed by atoms with van der Waals surface area (Å²) in [5.74, 6) is 0.441. The van der Waals surface area contributed by atoms with Crippen molar-refractivity contribution in [1.82, 2.24) is 4.98 Å². The zero-order valence-electron chi connectivity index (χ0n) is 15.1. The Balaban J connectivity index is 1.99. The number of pyridine rings is 1. The topological polar surface area (TPSA) is 84.4 Å². The molecule has 5 rings (SSSR count). The van der Waals surface area contributed by atoms with Gasteiger partial charge in [-0.3, -0.25) is 0 Å². The fraction of sp³-hybridized carbons (Fsp3) is 0.150. The molecule has 0 amide bonds. The molecule has 6 nitrogen and oxygen atoms in total. The summed E-state index contributed by atoms with van der Waals surface area (Å²) in [6, 6.07) is 12.8. The average Bonchev–Trinajstić information content (AvgIpc) is 2.67. The second-order valence-corrected chi connectivity index (χ2v) is 13.0. The van der Waals surface area contributed by atoms with Crippen molar-refractivity contribution in [2.45, 2.75) is 29.6 Å². The molecular weight excluding hydrogens is 443 g/mol. The quantitative estimate of drug-likeness (QED) is 0.359. The van der Waals surface area contributed by atoms with Crippen molar-refractivity contribution in [1.29, 1.82) is 0 Å². The van der Waals surface area contributed by atoms with Gasteiger partial charge in [-0.1, -0.05) is 0 Å². The van der Waals surface area contributed by atoms with Crippen LogP contribution in [0.15, 0.2) is 64.5 Å². The molecule has 0 saturated carbocycles. The Labute approximate surface area is 164 Å². The summed E-state index contributed by atoms with van der Waals surface area (Å²) in [5.41, 5.74) is 1.60. The molecule has 0 bridgehead atoms. The Hall–Kier alpha value is -2.54. The molecule has 28 heavy (non-hydrogen) atoms. The first-order chi connectivity index (χ1) is 13.2. The molecule has 2 aromatic carbocycles. The van der Waals surface area contributed by atoms with Crippen molar-refractivity contribution in [3.05, 3.63) is 60.3 Å². The number of para-hydroxylation sites is 1. The zero-order valence-corrected chi connectivity index (χ0v) is 17.6. The van der Waals surface area contributed by atoms with Crippen molar-refractivity contribution in [3.63, 3.8) is 0 Å². The van der Waals surface area contributed by atoms with E-state index in [2.05, 4.69) is 4.98 Å². The van der Waals surface area contributed by atoms with Crippen molar-refractivity contribution in [2.24, 2.45) is 0 Å². The van der Waals surface area contributed by atoms with Crippen LogP contribution in [0.1, 0.15) is 25.3 Å². The minimum absolute atomic E-state index is 0.000590. The van der Waals surface area contributed by atoms with Gasteiger partial charge in [0.1, 0.15) is 0 Å². The average molecular weight is 459 g/mol. The summed E-state index contributed by atoms with van der Waals surface area (Å²) in [6.07, 6.45) is 1.52. The van der Waals surface area contributed by atoms with Crippen LogP contribution >= 0.6 is 0 Å². The van der Waals surface area contributed by atoms with Gasteiger partial charge in [-0.2, -0.15) is 0 Å². The molecule has 0 spiro atoms. The Morgan fingerprint density at radius 1 is 0.964 bits per heavy atom. The first-order valence-electron chi connectivity index (χ1n) is 8.77. The second kappa shape index (κ2) is 5.50. The van der Waals surface area contributed by atoms with Gasteiger partial charge >= 0.3 is 164 Å². The van der Waals surface area contributed by atoms with E-state index in [-0.39, 0.29) is 36.1 Å². The van der Waals surface area contributed by atoms with Gasteiger partial charge in [0.05, 0.1) is 0 Å². The first-order valence-corrected chi connectivity index (χ1v) is 13.4. The van der Waals surface area contributed by atoms with E-state index in [4.69, 9.17) is 0 Å². The number of hydrogen-bond donors (Lipinski definition) is 0. The molecule has 3 heterocycles. The van der Waals surface area contributed by atoms with Crippen LogP contribution in [0.3, 0.4) is 0 Å². The Kier molecular flexibility index (Phi) is 3.45. The molecule has 2 aliphatic heterocycles. The van der Waals surface area contributed by atoms with Gasteiger partial charge in [0, 0.05) is 0 Å². The number of sulfone groups is 1. The summed E-state index contributed by atoms with van der Waals surface area (Å²) in [7, 11) is -3.85. The Morgan fingerprint density at radius 2 is 1.71 bits per heavy atom. The third kappa shape index (κ3) is 2.08. The van der Waals surface area contributed by atoms with Gasteiger partial charge in [0.2, 0.25) is 0 Å². The van der Waals surface area contributed by atoms with Gasteiger partial charge in [-0.05, 0) is 0 Å². The number of anilines is 3. The molecule has 3 aromatic rings. The minimum atomic E-state index is -4.79. The van der Waals surface area contributed by atoms with E-state index in [0.717, 1.165) is 5.56 Å². The van der Waals surface area contributed by atoms with E-state index in [1.807, 2.05) is 19.9 Å². The Bertz CT molecular complexity index is 1360. The maximum atomic E-state index is 13.3. The molecule has 0 fully saturated rings. The van der Waals surface area contributed by atoms with Crippen molar-refractivity contribution in [3.8, 4) is 0 Å². The fourth-order valence-electron chi connectivity index (χ4n) is 3.79. The van der Waals surface area contributed by atoms with Crippen LogP contribution in [0.4, 0.5) is 17.2 Å². The van der Waals surface area contributed by atoms with E-state index < -0.39 is 22.5 Å². The van der Waals surface area contributed by atoms with E-state index in [9.17, 15) is 16.1 Å². The maximum absolute atomic E-state index is 13.3. The van der Waals surface area contributed by atoms with Crippen LogP contribution in [-0.2, 0) is 17.5 Å². The first kappa shape index (κ1) is 17.6. The van der Waals surface area contributed by atoms with Gasteiger partial charge in [0.25, 0.3) is 0 Å². The standard InChI is InChI=1S/C20H16N2O4SSe/c1-12(2)13-8-9-15-14(11-13)22-19-16(27(15,23)24)5-3-6-17(19)28(25,26)18-7-4-10-21-20(18)22/h3-12H,1-2H3. The summed E-state index contributed by atoms with van der Waals surface area (Å²) < 4.78 is 53.3. The molecule has 0 atom stereocenters. The SMILES string of the molecule is CC(C)c1ccc2c(c1)N1c3ncccc3[Se](=O)(=O)c3cccc(c31)S2(=O)=O. The molecule has 0 saturated heterocycles. The van der Waals surface area contributed by atoms with Gasteiger partial charge in [0.15, 0.2) is 0 Å². The predicted molar refractivity (Wildman–Crippen MR) is 105 cm³/mol. The van der Waals surface area contributed by atoms with Crippen LogP contribution in [0.2, 0.25) is 0 Å². The van der Waals surface area contributed by atoms with Crippen molar-refractivity contribution < 1.29 is 16.1 Å². The molecule has 8 heteroatoms. The van der Waals surface area contributed by atoms with Crippen LogP contribution in [0, 0.1) is 0 Å². The van der Waals surface area contributed by atoms with Crippen molar-refractivity contribution in [2.75, 3.05) is 4.90 Å². The van der Waals surface area contributed by atoms with Crippen molar-refractivity contribution >= 4 is 48.7 Å². The second-order valence-electron chi connectivity index (χ2n) is 7.15. The normalized spacial score (nSPS) is 17.6. The number of benzene rings is 2. The molecular formula is C20H16N2O4SSe. The molecule has 142 valence electrons. The summed E-state index contributed by atoms with van der Waals surface area (Å²) in [6.45, 7) is 4.05. The monoisotopic (exact) mass is 460 g/mol. The van der Waals surface area contributed by atoms with E-state index in [0.29, 0.717) is 5.69 Å². The molecule has 0 unspecified atom stereocenters. The number of aromatic nitrogens is 1. The van der Waals surface area contributed by atoms with Gasteiger partial charge < -0.3 is 0 Å². The van der Waals surface area contributed by atoms with Gasteiger partial charge in [-0.25, -0.2) is 0 Å². The number of rotatable bonds is 1. The van der Waals surface area contributed by atoms with Gasteiger partial charge in [-0.15, -0.1) is 0 Å². The van der Waals surface area contributed by atoms with Crippen LogP contribution in [0.5, 0.6) is 0 Å². The predicted octanol–water partition coefficient (Wildman–Crippen LogP) is 2.55. The molecule has 0 aliphatic carbocycles. The summed E-state index contributed by atoms with van der Waals surface area (Å²) in [4.78, 5) is 6.18. The molecule has 1 aromatic heterocycles. The molecule has 0 radical (unpaired) electrons. The third-order valence-electron chi connectivity index (χ3n) is 5.20. The fourth-order valence-corrected chi connectivity index (χ4v) is 8.90. The number of hydrogen-bond acceptors (Lipinski definition) is 6. The van der Waals surface area contributed by atoms with Crippen LogP contribution < -0.4 is 13.8 Å². The van der Waals surface area contributed by atoms with Crippen LogP contribution in [0.25, 0.3) is 0 Å². The summed E-state index contributed by atoms with van der Waals surface area (Å²) in [5, 5.41) is 0. The number of nitrogens with zero attached hydrogens (tertiary/aromatic N) is 2. The molecule has 0 N–H and O–H groups in total. The van der Waals surface area contributed by atoms with Crippen LogP contribution in [-0.4, -0.2) is 26.1 Å². The summed E-state index contributed by atoms with van der Waals surface area (Å²) >= 11 is -4.79. The van der Waals surface area contributed by atoms with E-state index in [1.165, 1.54) is 30.5 Å². The Morgan fingerprint density at radius 3 is 2.46 bits per heavy atom. The number of fused-ring (bicyclic) bond motifs is 4. The molecule has 2 aliphatic rings. The third-order valence-corrected chi connectivity index (χ3v) is 10.8. The van der Waals surface area contributed by atoms with E-state index >= 15 is 0 Å². The zero-order chi connectivity index (χ0) is 19.8.